The SMILES string of the molecule is N#C/C(=C(/O)COC(=O)c1ccc(Cl)c(S(=O)(=O)N2CCOCC2)c1)c1nc2ccccc2[nH]1. The van der Waals surface area contributed by atoms with Crippen molar-refractivity contribution in [1.82, 2.24) is 14.3 Å². The molecule has 0 unspecified atom stereocenters. The average Bonchev–Trinajstić information content (AvgIpc) is 3.27. The van der Waals surface area contributed by atoms with Crippen molar-refractivity contribution < 1.29 is 27.8 Å². The van der Waals surface area contributed by atoms with Gasteiger partial charge < -0.3 is 19.6 Å². The topological polar surface area (TPSA) is 146 Å². The maximum atomic E-state index is 12.9. The first-order valence-corrected chi connectivity index (χ1v) is 11.9. The molecule has 0 bridgehead atoms. The lowest BCUT2D eigenvalue weighted by Crippen LogP contribution is -2.40. The first kappa shape index (κ1) is 23.7. The summed E-state index contributed by atoms with van der Waals surface area (Å²) < 4.78 is 37.4. The Morgan fingerprint density at radius 1 is 1.26 bits per heavy atom. The molecule has 2 heterocycles. The second kappa shape index (κ2) is 9.82. The van der Waals surface area contributed by atoms with E-state index in [0.717, 1.165) is 6.07 Å². The predicted octanol–water partition coefficient (Wildman–Crippen LogP) is 2.89. The van der Waals surface area contributed by atoms with Crippen LogP contribution < -0.4 is 0 Å². The number of aliphatic hydroxyl groups is 1. The highest BCUT2D eigenvalue weighted by molar-refractivity contribution is 7.89. The van der Waals surface area contributed by atoms with Gasteiger partial charge in [0, 0.05) is 13.1 Å². The van der Waals surface area contributed by atoms with E-state index in [1.165, 1.54) is 16.4 Å². The highest BCUT2D eigenvalue weighted by Crippen LogP contribution is 2.27. The third-order valence-electron chi connectivity index (χ3n) is 5.12. The fraction of sp³-hybridized carbons (Fsp3) is 0.227. The molecule has 1 aliphatic rings. The molecule has 2 aromatic carbocycles. The van der Waals surface area contributed by atoms with Crippen molar-refractivity contribution in [2.24, 2.45) is 0 Å². The van der Waals surface area contributed by atoms with Crippen LogP contribution in [0.4, 0.5) is 0 Å². The molecule has 0 saturated carbocycles. The minimum atomic E-state index is -3.95. The van der Waals surface area contributed by atoms with Gasteiger partial charge in [-0.15, -0.1) is 0 Å². The highest BCUT2D eigenvalue weighted by atomic mass is 35.5. The van der Waals surface area contributed by atoms with E-state index in [1.807, 2.05) is 6.07 Å². The Balaban J connectivity index is 1.53. The van der Waals surface area contributed by atoms with Crippen LogP contribution in [0.1, 0.15) is 16.2 Å². The molecule has 0 atom stereocenters. The lowest BCUT2D eigenvalue weighted by atomic mass is 10.2. The second-order valence-electron chi connectivity index (χ2n) is 7.27. The van der Waals surface area contributed by atoms with Gasteiger partial charge >= 0.3 is 5.97 Å². The van der Waals surface area contributed by atoms with Crippen LogP contribution in [-0.2, 0) is 19.5 Å². The number of esters is 1. The van der Waals surface area contributed by atoms with Crippen molar-refractivity contribution in [3.63, 3.8) is 0 Å². The number of aromatic nitrogens is 2. The molecule has 12 heteroatoms. The molecule has 1 aromatic heterocycles. The first-order chi connectivity index (χ1) is 16.3. The standard InChI is InChI=1S/C22H19ClN4O6S/c23-16-6-5-14(11-20(16)34(30,31)27-7-9-32-10-8-27)22(29)33-13-19(28)15(12-24)21-25-17-3-1-2-4-18(17)26-21/h1-6,11,28H,7-10,13H2,(H,25,26)/b19-15-. The minimum Gasteiger partial charge on any atom is -0.507 e. The summed E-state index contributed by atoms with van der Waals surface area (Å²) >= 11 is 6.11. The molecule has 10 nitrogen and oxygen atoms in total. The third-order valence-corrected chi connectivity index (χ3v) is 7.50. The number of rotatable bonds is 6. The number of morpholine rings is 1. The van der Waals surface area contributed by atoms with Gasteiger partial charge in [0.05, 0.1) is 34.8 Å². The molecule has 1 saturated heterocycles. The van der Waals surface area contributed by atoms with Crippen LogP contribution in [0.15, 0.2) is 53.1 Å². The molecule has 0 spiro atoms. The number of nitrogens with one attached hydrogen (secondary N) is 1. The van der Waals surface area contributed by atoms with E-state index in [4.69, 9.17) is 21.1 Å². The number of carbonyl (C=O) groups is 1. The number of hydrogen-bond acceptors (Lipinski definition) is 8. The van der Waals surface area contributed by atoms with E-state index in [2.05, 4.69) is 9.97 Å². The van der Waals surface area contributed by atoms with Gasteiger partial charge in [-0.1, -0.05) is 23.7 Å². The molecule has 1 fully saturated rings. The van der Waals surface area contributed by atoms with Crippen LogP contribution in [0, 0.1) is 11.3 Å². The summed E-state index contributed by atoms with van der Waals surface area (Å²) in [5.41, 5.74) is 1.01. The number of aromatic amines is 1. The number of aliphatic hydroxyl groups excluding tert-OH is 1. The Labute approximate surface area is 200 Å². The number of ether oxygens (including phenoxy) is 2. The van der Waals surface area contributed by atoms with E-state index >= 15 is 0 Å². The summed E-state index contributed by atoms with van der Waals surface area (Å²) in [5.74, 6) is -1.28. The first-order valence-electron chi connectivity index (χ1n) is 10.1. The molecular weight excluding hydrogens is 484 g/mol. The van der Waals surface area contributed by atoms with Crippen molar-refractivity contribution >= 4 is 44.2 Å². The minimum absolute atomic E-state index is 0.0394. The van der Waals surface area contributed by atoms with Crippen molar-refractivity contribution in [3.8, 4) is 6.07 Å². The fourth-order valence-corrected chi connectivity index (χ4v) is 5.28. The number of hydrogen-bond donors (Lipinski definition) is 2. The van der Waals surface area contributed by atoms with Crippen molar-refractivity contribution in [2.75, 3.05) is 32.9 Å². The lowest BCUT2D eigenvalue weighted by Gasteiger charge is -2.26. The van der Waals surface area contributed by atoms with Crippen LogP contribution >= 0.6 is 11.6 Å². The Hall–Kier alpha value is -3.43. The summed E-state index contributed by atoms with van der Waals surface area (Å²) in [4.78, 5) is 19.5. The van der Waals surface area contributed by atoms with Crippen LogP contribution in [0.25, 0.3) is 16.6 Å². The molecule has 1 aliphatic heterocycles. The van der Waals surface area contributed by atoms with Gasteiger partial charge in [0.1, 0.15) is 23.1 Å². The van der Waals surface area contributed by atoms with E-state index in [0.29, 0.717) is 11.0 Å². The number of sulfonamides is 1. The normalized spacial score (nSPS) is 15.5. The van der Waals surface area contributed by atoms with Gasteiger partial charge in [-0.05, 0) is 30.3 Å². The van der Waals surface area contributed by atoms with Gasteiger partial charge in [0.2, 0.25) is 10.0 Å². The van der Waals surface area contributed by atoms with Gasteiger partial charge in [-0.25, -0.2) is 18.2 Å². The number of nitrogens with zero attached hydrogens (tertiary/aromatic N) is 3. The maximum absolute atomic E-state index is 12.9. The number of halogens is 1. The second-order valence-corrected chi connectivity index (χ2v) is 9.59. The number of nitriles is 1. The predicted molar refractivity (Wildman–Crippen MR) is 123 cm³/mol. The Morgan fingerprint density at radius 3 is 2.71 bits per heavy atom. The number of fused-ring (bicyclic) bond motifs is 1. The van der Waals surface area contributed by atoms with Crippen LogP contribution in [0.3, 0.4) is 0 Å². The number of carbonyl (C=O) groups excluding carboxylic acids is 1. The Kier molecular flexibility index (Phi) is 6.85. The summed E-state index contributed by atoms with van der Waals surface area (Å²) in [6.07, 6.45) is 0. The summed E-state index contributed by atoms with van der Waals surface area (Å²) in [5, 5.41) is 19.8. The fourth-order valence-electron chi connectivity index (χ4n) is 3.37. The van der Waals surface area contributed by atoms with Crippen LogP contribution in [0.2, 0.25) is 5.02 Å². The molecule has 0 amide bonds. The van der Waals surface area contributed by atoms with E-state index in [-0.39, 0.29) is 53.2 Å². The van der Waals surface area contributed by atoms with Crippen molar-refractivity contribution in [3.05, 3.63) is 64.6 Å². The molecule has 0 radical (unpaired) electrons. The number of H-pyrrole nitrogens is 1. The van der Waals surface area contributed by atoms with Crippen LogP contribution in [0.5, 0.6) is 0 Å². The average molecular weight is 503 g/mol. The van der Waals surface area contributed by atoms with Crippen molar-refractivity contribution in [1.29, 1.82) is 5.26 Å². The quantitative estimate of drug-likeness (QED) is 0.297. The molecule has 2 N–H and O–H groups in total. The molecule has 34 heavy (non-hydrogen) atoms. The highest BCUT2D eigenvalue weighted by Gasteiger charge is 2.29. The molecule has 4 rings (SSSR count). The number of para-hydroxylation sites is 2. The molecular formula is C22H19ClN4O6S. The maximum Gasteiger partial charge on any atom is 0.338 e. The summed E-state index contributed by atoms with van der Waals surface area (Å²) in [6, 6.07) is 12.7. The molecule has 3 aromatic rings. The van der Waals surface area contributed by atoms with E-state index < -0.39 is 28.4 Å². The number of imidazole rings is 1. The Morgan fingerprint density at radius 2 is 2.00 bits per heavy atom. The third kappa shape index (κ3) is 4.76. The summed E-state index contributed by atoms with van der Waals surface area (Å²) in [6.45, 7) is 0.246. The van der Waals surface area contributed by atoms with Gasteiger partial charge in [-0.2, -0.15) is 9.57 Å². The molecule has 0 aliphatic carbocycles. The zero-order valence-corrected chi connectivity index (χ0v) is 19.3. The zero-order chi connectivity index (χ0) is 24.3. The van der Waals surface area contributed by atoms with E-state index in [1.54, 1.807) is 24.3 Å². The van der Waals surface area contributed by atoms with Crippen molar-refractivity contribution in [2.45, 2.75) is 4.90 Å². The zero-order valence-electron chi connectivity index (χ0n) is 17.7. The molecule has 176 valence electrons. The smallest absolute Gasteiger partial charge is 0.338 e. The lowest BCUT2D eigenvalue weighted by molar-refractivity contribution is 0.0502. The number of benzene rings is 2. The van der Waals surface area contributed by atoms with Gasteiger partial charge in [0.15, 0.2) is 11.6 Å². The Bertz CT molecular complexity index is 1390. The monoisotopic (exact) mass is 502 g/mol. The van der Waals surface area contributed by atoms with Gasteiger partial charge in [-0.3, -0.25) is 0 Å². The summed E-state index contributed by atoms with van der Waals surface area (Å²) in [7, 11) is -3.95. The van der Waals surface area contributed by atoms with Crippen LogP contribution in [-0.4, -0.2) is 66.7 Å². The number of allylic oxidation sites excluding steroid dienone is 1. The largest absolute Gasteiger partial charge is 0.507 e. The van der Waals surface area contributed by atoms with E-state index in [9.17, 15) is 23.6 Å². The van der Waals surface area contributed by atoms with Gasteiger partial charge in [0.25, 0.3) is 0 Å².